The molecule has 0 saturated carbocycles. The molecule has 112 valence electrons. The zero-order valence-corrected chi connectivity index (χ0v) is 15.2. The molecule has 4 heteroatoms. The molecule has 0 aliphatic carbocycles. The molecule has 1 aliphatic heterocycles. The maximum atomic E-state index is 5.47. The summed E-state index contributed by atoms with van der Waals surface area (Å²) in [6.45, 7) is 5.12. The van der Waals surface area contributed by atoms with Gasteiger partial charge in [0.1, 0.15) is 0 Å². The molecule has 1 N–H and O–H groups in total. The fourth-order valence-corrected chi connectivity index (χ4v) is 3.64. The predicted octanol–water partition coefficient (Wildman–Crippen LogP) is 5.07. The summed E-state index contributed by atoms with van der Waals surface area (Å²) in [7, 11) is 0. The van der Waals surface area contributed by atoms with Gasteiger partial charge in [-0.2, -0.15) is 0 Å². The highest BCUT2D eigenvalue weighted by atomic mass is 79.9. The summed E-state index contributed by atoms with van der Waals surface area (Å²) in [4.78, 5) is 0. The maximum absolute atomic E-state index is 5.47. The fraction of sp³-hybridized carbons (Fsp3) is 0.625. The molecule has 1 atom stereocenters. The number of rotatable bonds is 6. The van der Waals surface area contributed by atoms with Crippen molar-refractivity contribution in [1.29, 1.82) is 0 Å². The molecule has 0 aromatic heterocycles. The summed E-state index contributed by atoms with van der Waals surface area (Å²) in [5.74, 6) is 0.768. The second-order valence-corrected chi connectivity index (χ2v) is 7.23. The lowest BCUT2D eigenvalue weighted by Crippen LogP contribution is -2.27. The van der Waals surface area contributed by atoms with E-state index in [4.69, 9.17) is 4.74 Å². The molecule has 2 nitrogen and oxygen atoms in total. The van der Waals surface area contributed by atoms with Crippen LogP contribution >= 0.6 is 31.9 Å². The summed E-state index contributed by atoms with van der Waals surface area (Å²) in [6.07, 6.45) is 4.74. The smallest absolute Gasteiger partial charge is 0.0468 e. The van der Waals surface area contributed by atoms with E-state index in [0.29, 0.717) is 6.04 Å². The van der Waals surface area contributed by atoms with Gasteiger partial charge in [-0.3, -0.25) is 0 Å². The van der Waals surface area contributed by atoms with E-state index in [-0.39, 0.29) is 0 Å². The number of halogens is 2. The average molecular weight is 405 g/mol. The van der Waals surface area contributed by atoms with Gasteiger partial charge in [-0.05, 0) is 61.9 Å². The minimum absolute atomic E-state index is 0.421. The highest BCUT2D eigenvalue weighted by Crippen LogP contribution is 2.33. The molecule has 0 spiro atoms. The lowest BCUT2D eigenvalue weighted by Gasteiger charge is -2.28. The molecule has 0 bridgehead atoms. The Labute approximate surface area is 138 Å². The van der Waals surface area contributed by atoms with Crippen LogP contribution < -0.4 is 5.32 Å². The van der Waals surface area contributed by atoms with Crippen molar-refractivity contribution in [3.8, 4) is 0 Å². The average Bonchev–Trinajstić information content (AvgIpc) is 2.47. The Morgan fingerprint density at radius 1 is 1.30 bits per heavy atom. The Hall–Kier alpha value is 0.1000. The lowest BCUT2D eigenvalue weighted by atomic mass is 9.89. The van der Waals surface area contributed by atoms with E-state index in [9.17, 15) is 0 Å². The Kier molecular flexibility index (Phi) is 7.02. The zero-order valence-electron chi connectivity index (χ0n) is 12.0. The first-order valence-corrected chi connectivity index (χ1v) is 9.05. The second kappa shape index (κ2) is 8.52. The highest BCUT2D eigenvalue weighted by molar-refractivity contribution is 9.11. The van der Waals surface area contributed by atoms with Crippen LogP contribution in [-0.2, 0) is 4.74 Å². The van der Waals surface area contributed by atoms with Crippen molar-refractivity contribution in [3.63, 3.8) is 0 Å². The SMILES string of the molecule is CCCNC(CC1CCOCC1)c1cc(Br)ccc1Br. The quantitative estimate of drug-likeness (QED) is 0.714. The number of benzene rings is 1. The van der Waals surface area contributed by atoms with Gasteiger partial charge in [-0.1, -0.05) is 38.8 Å². The number of ether oxygens (including phenoxy) is 1. The first-order chi connectivity index (χ1) is 9.70. The summed E-state index contributed by atoms with van der Waals surface area (Å²) < 4.78 is 7.81. The van der Waals surface area contributed by atoms with Gasteiger partial charge in [0.05, 0.1) is 0 Å². The first-order valence-electron chi connectivity index (χ1n) is 7.46. The van der Waals surface area contributed by atoms with E-state index >= 15 is 0 Å². The van der Waals surface area contributed by atoms with Crippen molar-refractivity contribution >= 4 is 31.9 Å². The van der Waals surface area contributed by atoms with Gasteiger partial charge < -0.3 is 10.1 Å². The Morgan fingerprint density at radius 3 is 2.75 bits per heavy atom. The summed E-state index contributed by atoms with van der Waals surface area (Å²) >= 11 is 7.29. The van der Waals surface area contributed by atoms with Gasteiger partial charge in [0.25, 0.3) is 0 Å². The van der Waals surface area contributed by atoms with Crippen LogP contribution in [0.25, 0.3) is 0 Å². The molecule has 1 heterocycles. The van der Waals surface area contributed by atoms with Crippen molar-refractivity contribution in [2.75, 3.05) is 19.8 Å². The number of hydrogen-bond acceptors (Lipinski definition) is 2. The Morgan fingerprint density at radius 2 is 2.05 bits per heavy atom. The molecule has 1 fully saturated rings. The molecule has 20 heavy (non-hydrogen) atoms. The van der Waals surface area contributed by atoms with Crippen molar-refractivity contribution < 1.29 is 4.74 Å². The fourth-order valence-electron chi connectivity index (χ4n) is 2.74. The topological polar surface area (TPSA) is 21.3 Å². The van der Waals surface area contributed by atoms with Gasteiger partial charge in [0.15, 0.2) is 0 Å². The van der Waals surface area contributed by atoms with Crippen molar-refractivity contribution in [1.82, 2.24) is 5.32 Å². The summed E-state index contributed by atoms with van der Waals surface area (Å²) in [5.41, 5.74) is 1.36. The number of hydrogen-bond donors (Lipinski definition) is 1. The standard InChI is InChI=1S/C16H23Br2NO/c1-2-7-19-16(10-12-5-8-20-9-6-12)14-11-13(17)3-4-15(14)18/h3-4,11-12,16,19H,2,5-10H2,1H3. The highest BCUT2D eigenvalue weighted by Gasteiger charge is 2.21. The molecular weight excluding hydrogens is 382 g/mol. The third kappa shape index (κ3) is 4.83. The van der Waals surface area contributed by atoms with Crippen LogP contribution in [0.5, 0.6) is 0 Å². The third-order valence-corrected chi connectivity index (χ3v) is 5.10. The van der Waals surface area contributed by atoms with Crippen LogP contribution in [0.4, 0.5) is 0 Å². The van der Waals surface area contributed by atoms with Crippen molar-refractivity contribution in [3.05, 3.63) is 32.7 Å². The Balaban J connectivity index is 2.10. The molecule has 1 aliphatic rings. The predicted molar refractivity (Wildman–Crippen MR) is 91.0 cm³/mol. The van der Waals surface area contributed by atoms with Crippen LogP contribution in [0, 0.1) is 5.92 Å². The van der Waals surface area contributed by atoms with E-state index in [1.807, 2.05) is 0 Å². The van der Waals surface area contributed by atoms with Crippen molar-refractivity contribution in [2.45, 2.75) is 38.6 Å². The molecule has 0 radical (unpaired) electrons. The van der Waals surface area contributed by atoms with E-state index in [1.54, 1.807) is 0 Å². The van der Waals surface area contributed by atoms with E-state index < -0.39 is 0 Å². The third-order valence-electron chi connectivity index (χ3n) is 3.88. The molecule has 1 unspecified atom stereocenters. The molecule has 2 rings (SSSR count). The second-order valence-electron chi connectivity index (χ2n) is 5.46. The Bertz CT molecular complexity index is 419. The molecular formula is C16H23Br2NO. The van der Waals surface area contributed by atoms with Gasteiger partial charge in [-0.25, -0.2) is 0 Å². The zero-order chi connectivity index (χ0) is 14.4. The van der Waals surface area contributed by atoms with Gasteiger partial charge in [0.2, 0.25) is 0 Å². The minimum atomic E-state index is 0.421. The van der Waals surface area contributed by atoms with Crippen LogP contribution in [0.2, 0.25) is 0 Å². The van der Waals surface area contributed by atoms with E-state index in [0.717, 1.165) is 36.6 Å². The van der Waals surface area contributed by atoms with Crippen molar-refractivity contribution in [2.24, 2.45) is 5.92 Å². The molecule has 1 aromatic rings. The minimum Gasteiger partial charge on any atom is -0.381 e. The van der Waals surface area contributed by atoms with Crippen LogP contribution in [-0.4, -0.2) is 19.8 Å². The monoisotopic (exact) mass is 403 g/mol. The van der Waals surface area contributed by atoms with Crippen LogP contribution in [0.3, 0.4) is 0 Å². The van der Waals surface area contributed by atoms with E-state index in [1.165, 1.54) is 29.3 Å². The van der Waals surface area contributed by atoms with Crippen LogP contribution in [0.1, 0.15) is 44.2 Å². The summed E-state index contributed by atoms with van der Waals surface area (Å²) in [6, 6.07) is 6.87. The lowest BCUT2D eigenvalue weighted by molar-refractivity contribution is 0.0605. The van der Waals surface area contributed by atoms with Gasteiger partial charge in [-0.15, -0.1) is 0 Å². The molecule has 1 aromatic carbocycles. The number of nitrogens with one attached hydrogen (secondary N) is 1. The molecule has 1 saturated heterocycles. The van der Waals surface area contributed by atoms with Crippen LogP contribution in [0.15, 0.2) is 27.1 Å². The van der Waals surface area contributed by atoms with E-state index in [2.05, 4.69) is 62.3 Å². The van der Waals surface area contributed by atoms with Gasteiger partial charge >= 0.3 is 0 Å². The maximum Gasteiger partial charge on any atom is 0.0468 e. The molecule has 0 amide bonds. The van der Waals surface area contributed by atoms with Gasteiger partial charge in [0, 0.05) is 28.2 Å². The largest absolute Gasteiger partial charge is 0.381 e. The normalized spacial score (nSPS) is 18.1. The first kappa shape index (κ1) is 16.5. The summed E-state index contributed by atoms with van der Waals surface area (Å²) in [5, 5.41) is 3.71.